The minimum Gasteiger partial charge on any atom is -0.330 e. The quantitative estimate of drug-likeness (QED) is 0.818. The van der Waals surface area contributed by atoms with Gasteiger partial charge in [0.25, 0.3) is 0 Å². The number of hydrogen-bond donors (Lipinski definition) is 1. The average Bonchev–Trinajstić information content (AvgIpc) is 2.44. The Morgan fingerprint density at radius 2 is 2.43 bits per heavy atom. The third-order valence-electron chi connectivity index (χ3n) is 2.95. The summed E-state index contributed by atoms with van der Waals surface area (Å²) in [6.45, 7) is 2.75. The second kappa shape index (κ2) is 3.91. The van der Waals surface area contributed by atoms with E-state index in [4.69, 9.17) is 17.3 Å². The molecule has 3 nitrogen and oxygen atoms in total. The maximum atomic E-state index is 6.07. The lowest BCUT2D eigenvalue weighted by Crippen LogP contribution is -2.21. The normalized spacial score (nSPS) is 20.9. The zero-order valence-electron chi connectivity index (χ0n) is 8.46. The molecule has 0 fully saturated rings. The van der Waals surface area contributed by atoms with Crippen LogP contribution in [0.25, 0.3) is 0 Å². The number of rotatable bonds is 2. The Kier molecular flexibility index (Phi) is 2.79. The van der Waals surface area contributed by atoms with Crippen LogP contribution in [-0.4, -0.2) is 16.1 Å². The zero-order valence-corrected chi connectivity index (χ0v) is 9.22. The molecule has 0 saturated carbocycles. The van der Waals surface area contributed by atoms with Crippen molar-refractivity contribution in [2.75, 3.05) is 6.54 Å². The van der Waals surface area contributed by atoms with Gasteiger partial charge >= 0.3 is 0 Å². The molecule has 2 rings (SSSR count). The highest BCUT2D eigenvalue weighted by Crippen LogP contribution is 2.32. The second-order valence-corrected chi connectivity index (χ2v) is 4.25. The van der Waals surface area contributed by atoms with Crippen LogP contribution < -0.4 is 5.73 Å². The van der Waals surface area contributed by atoms with Gasteiger partial charge in [0.15, 0.2) is 5.15 Å². The van der Waals surface area contributed by atoms with E-state index in [1.54, 1.807) is 0 Å². The van der Waals surface area contributed by atoms with Crippen LogP contribution in [0.1, 0.15) is 36.8 Å². The van der Waals surface area contributed by atoms with Crippen LogP contribution in [0.5, 0.6) is 0 Å². The monoisotopic (exact) mass is 213 g/mol. The van der Waals surface area contributed by atoms with Crippen molar-refractivity contribution in [2.24, 2.45) is 5.73 Å². The van der Waals surface area contributed by atoms with Crippen LogP contribution in [0.4, 0.5) is 0 Å². The maximum absolute atomic E-state index is 6.07. The topological polar surface area (TPSA) is 43.8 Å². The molecule has 1 atom stereocenters. The molecule has 14 heavy (non-hydrogen) atoms. The Balaban J connectivity index is 2.37. The molecule has 0 radical (unpaired) electrons. The highest BCUT2D eigenvalue weighted by Gasteiger charge is 2.23. The van der Waals surface area contributed by atoms with Gasteiger partial charge in [-0.1, -0.05) is 11.6 Å². The molecule has 2 heterocycles. The van der Waals surface area contributed by atoms with Gasteiger partial charge in [-0.3, -0.25) is 0 Å². The van der Waals surface area contributed by atoms with Crippen LogP contribution in [0.2, 0.25) is 5.15 Å². The van der Waals surface area contributed by atoms with Crippen molar-refractivity contribution in [3.05, 3.63) is 16.7 Å². The number of fused-ring (bicyclic) bond motifs is 1. The largest absolute Gasteiger partial charge is 0.330 e. The molecule has 4 heteroatoms. The molecule has 0 saturated heterocycles. The van der Waals surface area contributed by atoms with Crippen LogP contribution in [-0.2, 0) is 6.42 Å². The van der Waals surface area contributed by atoms with E-state index in [1.807, 2.05) is 6.92 Å². The van der Waals surface area contributed by atoms with Crippen molar-refractivity contribution in [3.63, 3.8) is 0 Å². The first kappa shape index (κ1) is 9.99. The summed E-state index contributed by atoms with van der Waals surface area (Å²) in [7, 11) is 0. The van der Waals surface area contributed by atoms with E-state index in [0.717, 1.165) is 25.2 Å². The third-order valence-corrected chi connectivity index (χ3v) is 3.26. The smallest absolute Gasteiger partial charge is 0.150 e. The fraction of sp³-hybridized carbons (Fsp3) is 0.700. The van der Waals surface area contributed by atoms with Gasteiger partial charge in [0.1, 0.15) is 5.82 Å². The Hall–Kier alpha value is -0.540. The molecule has 0 bridgehead atoms. The summed E-state index contributed by atoms with van der Waals surface area (Å²) in [4.78, 5) is 4.31. The third kappa shape index (κ3) is 1.55. The molecule has 0 amide bonds. The molecule has 1 aliphatic heterocycles. The number of hydrogen-bond acceptors (Lipinski definition) is 2. The predicted octanol–water partition coefficient (Wildman–Crippen LogP) is 2.07. The van der Waals surface area contributed by atoms with Crippen molar-refractivity contribution in [2.45, 2.75) is 38.6 Å². The Bertz CT molecular complexity index is 332. The van der Waals surface area contributed by atoms with Crippen molar-refractivity contribution in [3.8, 4) is 0 Å². The Labute approximate surface area is 89.3 Å². The Morgan fingerprint density at radius 1 is 1.64 bits per heavy atom. The van der Waals surface area contributed by atoms with E-state index in [0.29, 0.717) is 11.2 Å². The molecule has 1 aliphatic rings. The van der Waals surface area contributed by atoms with Crippen LogP contribution in [0, 0.1) is 6.92 Å². The molecular weight excluding hydrogens is 198 g/mol. The lowest BCUT2D eigenvalue weighted by atomic mass is 10.0. The number of nitrogens with two attached hydrogens (primary N) is 1. The van der Waals surface area contributed by atoms with Gasteiger partial charge in [-0.2, -0.15) is 0 Å². The fourth-order valence-corrected chi connectivity index (χ4v) is 2.67. The van der Waals surface area contributed by atoms with Crippen LogP contribution in [0.15, 0.2) is 0 Å². The lowest BCUT2D eigenvalue weighted by molar-refractivity contribution is 0.377. The standard InChI is InChI=1S/C10H16ClN3/c1-7-13-10(11)9-4-2-3-8(5-6-12)14(7)9/h8H,2-6,12H2,1H3. The van der Waals surface area contributed by atoms with Crippen molar-refractivity contribution < 1.29 is 0 Å². The first-order valence-electron chi connectivity index (χ1n) is 5.17. The van der Waals surface area contributed by atoms with Crippen LogP contribution in [0.3, 0.4) is 0 Å². The first-order chi connectivity index (χ1) is 6.74. The molecule has 1 unspecified atom stereocenters. The molecule has 78 valence electrons. The minimum atomic E-state index is 0.517. The van der Waals surface area contributed by atoms with Gasteiger partial charge < -0.3 is 10.3 Å². The first-order valence-corrected chi connectivity index (χ1v) is 5.55. The van der Waals surface area contributed by atoms with Crippen molar-refractivity contribution in [1.82, 2.24) is 9.55 Å². The molecular formula is C10H16ClN3. The van der Waals surface area contributed by atoms with Crippen molar-refractivity contribution >= 4 is 11.6 Å². The summed E-state index contributed by atoms with van der Waals surface area (Å²) in [6.07, 6.45) is 4.49. The molecule has 0 spiro atoms. The summed E-state index contributed by atoms with van der Waals surface area (Å²) in [5.74, 6) is 1.03. The van der Waals surface area contributed by atoms with E-state index in [-0.39, 0.29) is 0 Å². The number of halogens is 1. The highest BCUT2D eigenvalue weighted by molar-refractivity contribution is 6.30. The minimum absolute atomic E-state index is 0.517. The van der Waals surface area contributed by atoms with E-state index in [2.05, 4.69) is 9.55 Å². The SMILES string of the molecule is Cc1nc(Cl)c2n1C(CCN)CCC2. The summed E-state index contributed by atoms with van der Waals surface area (Å²) < 4.78 is 2.28. The summed E-state index contributed by atoms with van der Waals surface area (Å²) in [6, 6.07) is 0.517. The van der Waals surface area contributed by atoms with E-state index >= 15 is 0 Å². The summed E-state index contributed by atoms with van der Waals surface area (Å²) >= 11 is 6.07. The fourth-order valence-electron chi connectivity index (χ4n) is 2.36. The maximum Gasteiger partial charge on any atom is 0.150 e. The van der Waals surface area contributed by atoms with E-state index in [9.17, 15) is 0 Å². The van der Waals surface area contributed by atoms with Gasteiger partial charge in [0, 0.05) is 6.04 Å². The number of imidazole rings is 1. The molecule has 0 aromatic carbocycles. The number of nitrogens with zero attached hydrogens (tertiary/aromatic N) is 2. The molecule has 2 N–H and O–H groups in total. The van der Waals surface area contributed by atoms with Crippen LogP contribution >= 0.6 is 11.6 Å². The highest BCUT2D eigenvalue weighted by atomic mass is 35.5. The van der Waals surface area contributed by atoms with Gasteiger partial charge in [-0.15, -0.1) is 0 Å². The van der Waals surface area contributed by atoms with Crippen molar-refractivity contribution in [1.29, 1.82) is 0 Å². The number of aromatic nitrogens is 2. The predicted molar refractivity (Wildman–Crippen MR) is 57.6 cm³/mol. The molecule has 1 aromatic rings. The molecule has 0 aliphatic carbocycles. The average molecular weight is 214 g/mol. The number of aryl methyl sites for hydroxylation is 1. The van der Waals surface area contributed by atoms with E-state index < -0.39 is 0 Å². The second-order valence-electron chi connectivity index (χ2n) is 3.89. The summed E-state index contributed by atoms with van der Waals surface area (Å²) in [5, 5.41) is 0.684. The van der Waals surface area contributed by atoms with Gasteiger partial charge in [0.05, 0.1) is 5.69 Å². The van der Waals surface area contributed by atoms with E-state index in [1.165, 1.54) is 18.5 Å². The lowest BCUT2D eigenvalue weighted by Gasteiger charge is -2.26. The van der Waals surface area contributed by atoms with Gasteiger partial charge in [0.2, 0.25) is 0 Å². The Morgan fingerprint density at radius 3 is 3.14 bits per heavy atom. The van der Waals surface area contributed by atoms with Gasteiger partial charge in [-0.05, 0) is 39.2 Å². The zero-order chi connectivity index (χ0) is 10.1. The molecule has 1 aromatic heterocycles. The van der Waals surface area contributed by atoms with Gasteiger partial charge in [-0.25, -0.2) is 4.98 Å². The summed E-state index contributed by atoms with van der Waals surface area (Å²) in [5.41, 5.74) is 6.81.